The van der Waals surface area contributed by atoms with E-state index < -0.39 is 23.3 Å². The summed E-state index contributed by atoms with van der Waals surface area (Å²) in [6.07, 6.45) is 3.65. The van der Waals surface area contributed by atoms with Crippen molar-refractivity contribution in [1.29, 1.82) is 0 Å². The van der Waals surface area contributed by atoms with Gasteiger partial charge in [-0.3, -0.25) is 4.68 Å². The zero-order chi connectivity index (χ0) is 22.9. The van der Waals surface area contributed by atoms with Crippen molar-refractivity contribution in [2.75, 3.05) is 5.43 Å². The number of rotatable bonds is 5. The van der Waals surface area contributed by atoms with E-state index in [4.69, 9.17) is 4.74 Å². The number of carbonyl (C=O) groups excluding carboxylic acids is 1. The van der Waals surface area contributed by atoms with E-state index in [1.807, 2.05) is 0 Å². The zero-order valence-corrected chi connectivity index (χ0v) is 17.3. The molecule has 164 valence electrons. The Morgan fingerprint density at radius 1 is 1.12 bits per heavy atom. The van der Waals surface area contributed by atoms with Crippen LogP contribution in [0.15, 0.2) is 61.1 Å². The Bertz CT molecular complexity index is 1280. The summed E-state index contributed by atoms with van der Waals surface area (Å²) in [6, 6.07) is 9.97. The molecule has 7 nitrogen and oxygen atoms in total. The van der Waals surface area contributed by atoms with E-state index in [-0.39, 0.29) is 18.0 Å². The molecule has 0 saturated heterocycles. The van der Waals surface area contributed by atoms with Gasteiger partial charge in [0.25, 0.3) is 0 Å². The number of hydrogen-bond donors (Lipinski definition) is 2. The van der Waals surface area contributed by atoms with Gasteiger partial charge < -0.3 is 9.84 Å². The molecule has 0 fully saturated rings. The number of fused-ring (bicyclic) bond motifs is 1. The van der Waals surface area contributed by atoms with Gasteiger partial charge in [-0.15, -0.1) is 0 Å². The van der Waals surface area contributed by atoms with Crippen molar-refractivity contribution in [3.8, 4) is 17.1 Å². The van der Waals surface area contributed by atoms with Gasteiger partial charge in [0.2, 0.25) is 0 Å². The molecule has 4 rings (SSSR count). The van der Waals surface area contributed by atoms with Gasteiger partial charge in [-0.25, -0.2) is 29.0 Å². The first-order chi connectivity index (χ1) is 15.2. The number of aliphatic hydroxyl groups is 1. The molecule has 9 heteroatoms. The number of benzene rings is 2. The fourth-order valence-corrected chi connectivity index (χ4v) is 3.34. The number of ether oxygens (including phenoxy) is 1. The third-order valence-electron chi connectivity index (χ3n) is 4.61. The molecule has 0 bridgehead atoms. The molecule has 2 N–H and O–H groups in total. The molecule has 2 aromatic heterocycles. The molecular formula is C23H20F2N4O3. The van der Waals surface area contributed by atoms with Crippen molar-refractivity contribution in [2.24, 2.45) is 0 Å². The summed E-state index contributed by atoms with van der Waals surface area (Å²) in [5.41, 5.74) is 3.23. The average molecular weight is 438 g/mol. The highest BCUT2D eigenvalue weighted by Gasteiger charge is 2.19. The molecule has 2 heterocycles. The fraction of sp³-hybridized carbons (Fsp3) is 0.174. The van der Waals surface area contributed by atoms with Crippen molar-refractivity contribution in [3.05, 3.63) is 78.3 Å². The standard InChI is InChI=1S/C23H20F2N4O3/c1-23(2,31)10-15-13-29(20-7-6-17(25)9-19(15)20)28-22(30)32-18-11-26-21(27-12-18)14-4-3-5-16(24)8-14/h3-9,11-13,31H,10H2,1-2H3,(H,28,30). The van der Waals surface area contributed by atoms with E-state index in [0.717, 1.165) is 0 Å². The minimum absolute atomic E-state index is 0.0851. The Labute approximate surface area is 182 Å². The number of aromatic nitrogens is 3. The van der Waals surface area contributed by atoms with Gasteiger partial charge in [0.1, 0.15) is 11.6 Å². The predicted molar refractivity (Wildman–Crippen MR) is 115 cm³/mol. The molecular weight excluding hydrogens is 418 g/mol. The van der Waals surface area contributed by atoms with Crippen LogP contribution in [0.2, 0.25) is 0 Å². The first-order valence-corrected chi connectivity index (χ1v) is 9.77. The van der Waals surface area contributed by atoms with E-state index in [0.29, 0.717) is 22.0 Å². The largest absolute Gasteiger partial charge is 0.432 e. The van der Waals surface area contributed by atoms with Gasteiger partial charge >= 0.3 is 6.09 Å². The number of hydrogen-bond acceptors (Lipinski definition) is 5. The lowest BCUT2D eigenvalue weighted by Gasteiger charge is -2.16. The fourth-order valence-electron chi connectivity index (χ4n) is 3.34. The maximum atomic E-state index is 13.8. The van der Waals surface area contributed by atoms with Crippen LogP contribution in [0.1, 0.15) is 19.4 Å². The quantitative estimate of drug-likeness (QED) is 0.481. The van der Waals surface area contributed by atoms with Crippen molar-refractivity contribution < 1.29 is 23.4 Å². The molecule has 4 aromatic rings. The number of nitrogens with zero attached hydrogens (tertiary/aromatic N) is 3. The molecule has 0 aliphatic heterocycles. The highest BCUT2D eigenvalue weighted by atomic mass is 19.1. The Morgan fingerprint density at radius 2 is 1.84 bits per heavy atom. The van der Waals surface area contributed by atoms with Crippen LogP contribution in [0.5, 0.6) is 5.75 Å². The lowest BCUT2D eigenvalue weighted by molar-refractivity contribution is 0.0813. The zero-order valence-electron chi connectivity index (χ0n) is 17.3. The molecule has 0 aliphatic rings. The van der Waals surface area contributed by atoms with E-state index in [9.17, 15) is 18.7 Å². The first kappa shape index (κ1) is 21.4. The molecule has 2 aromatic carbocycles. The highest BCUT2D eigenvalue weighted by molar-refractivity contribution is 5.87. The van der Waals surface area contributed by atoms with Crippen molar-refractivity contribution in [3.63, 3.8) is 0 Å². The lowest BCUT2D eigenvalue weighted by Crippen LogP contribution is -2.25. The monoisotopic (exact) mass is 438 g/mol. The maximum Gasteiger partial charge on any atom is 0.432 e. The highest BCUT2D eigenvalue weighted by Crippen LogP contribution is 2.25. The number of amides is 1. The van der Waals surface area contributed by atoms with Crippen molar-refractivity contribution >= 4 is 17.0 Å². The van der Waals surface area contributed by atoms with Crippen LogP contribution in [0, 0.1) is 11.6 Å². The van der Waals surface area contributed by atoms with Crippen LogP contribution in [0.3, 0.4) is 0 Å². The molecule has 1 amide bonds. The summed E-state index contributed by atoms with van der Waals surface area (Å²) >= 11 is 0. The van der Waals surface area contributed by atoms with Gasteiger partial charge in [-0.2, -0.15) is 0 Å². The maximum absolute atomic E-state index is 13.8. The minimum atomic E-state index is -1.02. The molecule has 0 radical (unpaired) electrons. The third kappa shape index (κ3) is 4.89. The molecule has 0 saturated carbocycles. The second kappa shape index (κ2) is 8.35. The summed E-state index contributed by atoms with van der Waals surface area (Å²) in [5, 5.41) is 10.7. The van der Waals surface area contributed by atoms with Crippen LogP contribution in [0.25, 0.3) is 22.3 Å². The van der Waals surface area contributed by atoms with Gasteiger partial charge in [0.05, 0.1) is 23.5 Å². The second-order valence-corrected chi connectivity index (χ2v) is 7.93. The normalized spacial score (nSPS) is 11.5. The van der Waals surface area contributed by atoms with Crippen LogP contribution < -0.4 is 10.2 Å². The number of nitrogens with one attached hydrogen (secondary N) is 1. The molecule has 32 heavy (non-hydrogen) atoms. The van der Waals surface area contributed by atoms with Gasteiger partial charge in [0, 0.05) is 23.6 Å². The van der Waals surface area contributed by atoms with E-state index in [2.05, 4.69) is 15.4 Å². The van der Waals surface area contributed by atoms with Gasteiger partial charge in [-0.05, 0) is 49.7 Å². The lowest BCUT2D eigenvalue weighted by atomic mass is 9.98. The first-order valence-electron chi connectivity index (χ1n) is 9.77. The number of carbonyl (C=O) groups is 1. The SMILES string of the molecule is CC(C)(O)Cc1cn(NC(=O)Oc2cnc(-c3cccc(F)c3)nc2)c2ccc(F)cc12. The third-order valence-corrected chi connectivity index (χ3v) is 4.61. The van der Waals surface area contributed by atoms with Crippen LogP contribution in [-0.4, -0.2) is 31.4 Å². The average Bonchev–Trinajstić information content (AvgIpc) is 3.03. The van der Waals surface area contributed by atoms with Gasteiger partial charge in [0.15, 0.2) is 11.6 Å². The molecule has 0 aliphatic carbocycles. The second-order valence-electron chi connectivity index (χ2n) is 7.93. The Balaban J connectivity index is 1.52. The predicted octanol–water partition coefficient (Wildman–Crippen LogP) is 4.43. The van der Waals surface area contributed by atoms with Crippen molar-refractivity contribution in [1.82, 2.24) is 14.6 Å². The topological polar surface area (TPSA) is 89.3 Å². The summed E-state index contributed by atoms with van der Waals surface area (Å²) in [6.45, 7) is 3.29. The van der Waals surface area contributed by atoms with Crippen LogP contribution in [0.4, 0.5) is 13.6 Å². The van der Waals surface area contributed by atoms with Crippen LogP contribution in [-0.2, 0) is 6.42 Å². The Hall–Kier alpha value is -3.85. The van der Waals surface area contributed by atoms with E-state index in [1.54, 1.807) is 32.2 Å². The Morgan fingerprint density at radius 3 is 2.53 bits per heavy atom. The van der Waals surface area contributed by atoms with E-state index >= 15 is 0 Å². The van der Waals surface area contributed by atoms with Crippen LogP contribution >= 0.6 is 0 Å². The van der Waals surface area contributed by atoms with Crippen molar-refractivity contribution in [2.45, 2.75) is 25.9 Å². The summed E-state index contributed by atoms with van der Waals surface area (Å²) < 4.78 is 33.8. The molecule has 0 atom stereocenters. The summed E-state index contributed by atoms with van der Waals surface area (Å²) in [4.78, 5) is 20.6. The smallest absolute Gasteiger partial charge is 0.406 e. The Kier molecular flexibility index (Phi) is 5.58. The summed E-state index contributed by atoms with van der Waals surface area (Å²) in [7, 11) is 0. The molecule has 0 unspecified atom stereocenters. The minimum Gasteiger partial charge on any atom is -0.406 e. The van der Waals surface area contributed by atoms with E-state index in [1.165, 1.54) is 47.4 Å². The number of halogens is 2. The molecule has 0 spiro atoms. The summed E-state index contributed by atoms with van der Waals surface area (Å²) in [5.74, 6) is -0.465. The van der Waals surface area contributed by atoms with Gasteiger partial charge in [-0.1, -0.05) is 12.1 Å².